The summed E-state index contributed by atoms with van der Waals surface area (Å²) >= 11 is 0. The molecule has 0 bridgehead atoms. The van der Waals surface area contributed by atoms with Gasteiger partial charge in [-0.1, -0.05) is 60.7 Å². The molecule has 0 aliphatic heterocycles. The first-order valence-corrected chi connectivity index (χ1v) is 6.74. The Morgan fingerprint density at radius 1 is 0.857 bits per heavy atom. The van der Waals surface area contributed by atoms with E-state index in [1.807, 2.05) is 48.5 Å². The van der Waals surface area contributed by atoms with Gasteiger partial charge in [-0.15, -0.1) is 0 Å². The third kappa shape index (κ3) is 2.70. The van der Waals surface area contributed by atoms with Crippen LogP contribution in [-0.2, 0) is 0 Å². The molecule has 102 valence electrons. The molecule has 2 nitrogen and oxygen atoms in total. The van der Waals surface area contributed by atoms with E-state index in [2.05, 4.69) is 0 Å². The number of hydrogen-bond donors (Lipinski definition) is 1. The number of phenolic OH excluding ortho intramolecular Hbond substituents is 1. The van der Waals surface area contributed by atoms with Gasteiger partial charge in [0.2, 0.25) is 0 Å². The molecule has 0 radical (unpaired) electrons. The maximum Gasteiger partial charge on any atom is 0.185 e. The van der Waals surface area contributed by atoms with Gasteiger partial charge < -0.3 is 5.11 Å². The highest BCUT2D eigenvalue weighted by molar-refractivity contribution is 6.08. The lowest BCUT2D eigenvalue weighted by Crippen LogP contribution is -1.93. The maximum atomic E-state index is 12.1. The predicted molar refractivity (Wildman–Crippen MR) is 85.4 cm³/mol. The van der Waals surface area contributed by atoms with E-state index in [-0.39, 0.29) is 11.5 Å². The fraction of sp³-hybridized carbons (Fsp3) is 0. The van der Waals surface area contributed by atoms with Gasteiger partial charge in [0.1, 0.15) is 5.75 Å². The zero-order chi connectivity index (χ0) is 14.7. The van der Waals surface area contributed by atoms with Gasteiger partial charge in [-0.05, 0) is 29.0 Å². The lowest BCUT2D eigenvalue weighted by molar-refractivity contribution is 0.104. The molecule has 0 atom stereocenters. The molecule has 3 rings (SSSR count). The molecule has 2 heteroatoms. The zero-order valence-corrected chi connectivity index (χ0v) is 11.4. The summed E-state index contributed by atoms with van der Waals surface area (Å²) in [6.07, 6.45) is 3.17. The van der Waals surface area contributed by atoms with Crippen LogP contribution in [0.25, 0.3) is 16.8 Å². The minimum Gasteiger partial charge on any atom is -0.507 e. The first kappa shape index (κ1) is 13.1. The normalized spacial score (nSPS) is 11.0. The van der Waals surface area contributed by atoms with Crippen LogP contribution < -0.4 is 0 Å². The average molecular weight is 274 g/mol. The highest BCUT2D eigenvalue weighted by Gasteiger charge is 2.05. The summed E-state index contributed by atoms with van der Waals surface area (Å²) in [7, 11) is 0. The molecular formula is C19H14O2. The Labute approximate surface area is 123 Å². The summed E-state index contributed by atoms with van der Waals surface area (Å²) in [5, 5.41) is 12.0. The number of fused-ring (bicyclic) bond motifs is 1. The number of phenols is 1. The van der Waals surface area contributed by atoms with E-state index in [9.17, 15) is 9.90 Å². The van der Waals surface area contributed by atoms with E-state index in [1.165, 1.54) is 6.08 Å². The minimum atomic E-state index is -0.0806. The predicted octanol–water partition coefficient (Wildman–Crippen LogP) is 4.44. The third-order valence-corrected chi connectivity index (χ3v) is 3.41. The number of ketones is 1. The highest BCUT2D eigenvalue weighted by atomic mass is 16.3. The Hall–Kier alpha value is -2.87. The van der Waals surface area contributed by atoms with E-state index in [1.54, 1.807) is 24.3 Å². The van der Waals surface area contributed by atoms with Crippen LogP contribution in [0, 0.1) is 0 Å². The van der Waals surface area contributed by atoms with Crippen molar-refractivity contribution in [1.29, 1.82) is 0 Å². The van der Waals surface area contributed by atoms with E-state index >= 15 is 0 Å². The van der Waals surface area contributed by atoms with Gasteiger partial charge in [-0.25, -0.2) is 0 Å². The number of benzene rings is 3. The van der Waals surface area contributed by atoms with Gasteiger partial charge in [0.25, 0.3) is 0 Å². The van der Waals surface area contributed by atoms with Crippen molar-refractivity contribution < 1.29 is 9.90 Å². The zero-order valence-electron chi connectivity index (χ0n) is 11.4. The fourth-order valence-corrected chi connectivity index (χ4v) is 2.32. The van der Waals surface area contributed by atoms with Crippen molar-refractivity contribution >= 4 is 22.6 Å². The molecule has 0 fully saturated rings. The van der Waals surface area contributed by atoms with Crippen LogP contribution >= 0.6 is 0 Å². The van der Waals surface area contributed by atoms with Crippen molar-refractivity contribution in [2.45, 2.75) is 0 Å². The van der Waals surface area contributed by atoms with Gasteiger partial charge >= 0.3 is 0 Å². The molecule has 0 unspecified atom stereocenters. The molecule has 0 saturated carbocycles. The highest BCUT2D eigenvalue weighted by Crippen LogP contribution is 2.28. The van der Waals surface area contributed by atoms with Gasteiger partial charge in [0, 0.05) is 11.1 Å². The topological polar surface area (TPSA) is 37.3 Å². The summed E-state index contributed by atoms with van der Waals surface area (Å²) in [5.74, 6) is 0.0914. The molecule has 0 aliphatic rings. The quantitative estimate of drug-likeness (QED) is 0.566. The molecule has 0 saturated heterocycles. The number of rotatable bonds is 3. The molecule has 0 spiro atoms. The van der Waals surface area contributed by atoms with Crippen LogP contribution in [0.4, 0.5) is 0 Å². The van der Waals surface area contributed by atoms with Gasteiger partial charge in [0.05, 0.1) is 0 Å². The second-order valence-electron chi connectivity index (χ2n) is 4.78. The van der Waals surface area contributed by atoms with Gasteiger partial charge in [-0.2, -0.15) is 0 Å². The van der Waals surface area contributed by atoms with Crippen molar-refractivity contribution in [3.63, 3.8) is 0 Å². The van der Waals surface area contributed by atoms with Gasteiger partial charge in [-0.3, -0.25) is 4.79 Å². The Kier molecular flexibility index (Phi) is 3.52. The van der Waals surface area contributed by atoms with E-state index in [0.717, 1.165) is 10.8 Å². The van der Waals surface area contributed by atoms with E-state index < -0.39 is 0 Å². The number of carbonyl (C=O) groups excluding carboxylic acids is 1. The SMILES string of the molecule is O=C(/C=C/c1c(O)ccc2ccccc12)c1ccccc1. The molecule has 0 amide bonds. The summed E-state index contributed by atoms with van der Waals surface area (Å²) < 4.78 is 0. The standard InChI is InChI=1S/C19H14O2/c20-18(15-7-2-1-3-8-15)13-11-17-16-9-5-4-6-14(16)10-12-19(17)21/h1-13,21H/b13-11+. The van der Waals surface area contributed by atoms with E-state index in [0.29, 0.717) is 11.1 Å². The van der Waals surface area contributed by atoms with Crippen molar-refractivity contribution in [3.8, 4) is 5.75 Å². The van der Waals surface area contributed by atoms with Crippen LogP contribution in [0.1, 0.15) is 15.9 Å². The van der Waals surface area contributed by atoms with Crippen LogP contribution in [0.3, 0.4) is 0 Å². The molecule has 3 aromatic rings. The van der Waals surface area contributed by atoms with Crippen LogP contribution in [0.2, 0.25) is 0 Å². The lowest BCUT2D eigenvalue weighted by atomic mass is 10.0. The summed E-state index contributed by atoms with van der Waals surface area (Å²) in [6, 6.07) is 20.4. The number of aromatic hydroxyl groups is 1. The minimum absolute atomic E-state index is 0.0806. The Morgan fingerprint density at radius 3 is 2.38 bits per heavy atom. The summed E-state index contributed by atoms with van der Waals surface area (Å²) in [6.45, 7) is 0. The first-order valence-electron chi connectivity index (χ1n) is 6.74. The van der Waals surface area contributed by atoms with E-state index in [4.69, 9.17) is 0 Å². The molecule has 1 N–H and O–H groups in total. The maximum absolute atomic E-state index is 12.1. The smallest absolute Gasteiger partial charge is 0.185 e. The Bertz CT molecular complexity index is 817. The molecule has 21 heavy (non-hydrogen) atoms. The second kappa shape index (κ2) is 5.63. The third-order valence-electron chi connectivity index (χ3n) is 3.41. The largest absolute Gasteiger partial charge is 0.507 e. The summed E-state index contributed by atoms with van der Waals surface area (Å²) in [5.41, 5.74) is 1.30. The number of allylic oxidation sites excluding steroid dienone is 1. The Morgan fingerprint density at radius 2 is 1.57 bits per heavy atom. The monoisotopic (exact) mass is 274 g/mol. The van der Waals surface area contributed by atoms with Gasteiger partial charge in [0.15, 0.2) is 5.78 Å². The van der Waals surface area contributed by atoms with Crippen molar-refractivity contribution in [3.05, 3.63) is 83.9 Å². The number of hydrogen-bond acceptors (Lipinski definition) is 2. The van der Waals surface area contributed by atoms with Crippen LogP contribution in [0.15, 0.2) is 72.8 Å². The summed E-state index contributed by atoms with van der Waals surface area (Å²) in [4.78, 5) is 12.1. The fourth-order valence-electron chi connectivity index (χ4n) is 2.32. The van der Waals surface area contributed by atoms with Crippen LogP contribution in [0.5, 0.6) is 5.75 Å². The second-order valence-corrected chi connectivity index (χ2v) is 4.78. The van der Waals surface area contributed by atoms with Crippen molar-refractivity contribution in [2.75, 3.05) is 0 Å². The lowest BCUT2D eigenvalue weighted by Gasteiger charge is -2.05. The van der Waals surface area contributed by atoms with Crippen molar-refractivity contribution in [1.82, 2.24) is 0 Å². The van der Waals surface area contributed by atoms with Crippen LogP contribution in [-0.4, -0.2) is 10.9 Å². The first-order chi connectivity index (χ1) is 10.3. The molecular weight excluding hydrogens is 260 g/mol. The molecule has 3 aromatic carbocycles. The average Bonchev–Trinajstić information content (AvgIpc) is 2.54. The number of carbonyl (C=O) groups is 1. The van der Waals surface area contributed by atoms with Crippen molar-refractivity contribution in [2.24, 2.45) is 0 Å². The molecule has 0 aliphatic carbocycles. The molecule has 0 heterocycles. The molecule has 0 aromatic heterocycles. The Balaban J connectivity index is 2.00.